The third-order valence-electron chi connectivity index (χ3n) is 3.46. The molecule has 0 atom stereocenters. The first-order valence-electron chi connectivity index (χ1n) is 7.05. The van der Waals surface area contributed by atoms with Gasteiger partial charge in [-0.15, -0.1) is 0 Å². The quantitative estimate of drug-likeness (QED) is 0.816. The number of nitrogens with zero attached hydrogens (tertiary/aromatic N) is 1. The van der Waals surface area contributed by atoms with Crippen LogP contribution in [0.5, 0.6) is 5.75 Å². The number of rotatable bonds is 2. The molecule has 0 aromatic heterocycles. The second-order valence-corrected chi connectivity index (χ2v) is 5.01. The molecular formula is C15H20N2O4. The lowest BCUT2D eigenvalue weighted by Gasteiger charge is -2.18. The van der Waals surface area contributed by atoms with Crippen LogP contribution in [-0.2, 0) is 22.4 Å². The van der Waals surface area contributed by atoms with E-state index in [1.54, 1.807) is 24.0 Å². The highest BCUT2D eigenvalue weighted by atomic mass is 16.6. The molecule has 0 fully saturated rings. The summed E-state index contributed by atoms with van der Waals surface area (Å²) in [5.41, 5.74) is 2.43. The van der Waals surface area contributed by atoms with Gasteiger partial charge in [-0.2, -0.15) is 0 Å². The minimum Gasteiger partial charge on any atom is -0.506 e. The highest BCUT2D eigenvalue weighted by Crippen LogP contribution is 2.29. The Hall–Kier alpha value is -2.24. The van der Waals surface area contributed by atoms with Gasteiger partial charge < -0.3 is 20.1 Å². The second-order valence-electron chi connectivity index (χ2n) is 5.01. The number of hydrogen-bond acceptors (Lipinski definition) is 4. The molecule has 0 bridgehead atoms. The molecule has 21 heavy (non-hydrogen) atoms. The summed E-state index contributed by atoms with van der Waals surface area (Å²) in [6.07, 6.45) is 1.01. The Balaban J connectivity index is 2.17. The van der Waals surface area contributed by atoms with Gasteiger partial charge >= 0.3 is 6.09 Å². The molecule has 1 aromatic carbocycles. The molecule has 2 N–H and O–H groups in total. The number of nitrogens with one attached hydrogen (secondary N) is 1. The van der Waals surface area contributed by atoms with Gasteiger partial charge in [-0.3, -0.25) is 4.79 Å². The van der Waals surface area contributed by atoms with Crippen molar-refractivity contribution in [2.24, 2.45) is 0 Å². The monoisotopic (exact) mass is 292 g/mol. The van der Waals surface area contributed by atoms with Gasteiger partial charge in [0.15, 0.2) is 0 Å². The van der Waals surface area contributed by atoms with Gasteiger partial charge in [0, 0.05) is 20.0 Å². The third kappa shape index (κ3) is 3.65. The number of phenolic OH excluding ortho intramolecular Hbond substituents is 1. The molecule has 114 valence electrons. The van der Waals surface area contributed by atoms with E-state index in [4.69, 9.17) is 4.74 Å². The molecule has 1 heterocycles. The molecule has 2 amide bonds. The van der Waals surface area contributed by atoms with E-state index in [0.29, 0.717) is 38.2 Å². The third-order valence-corrected chi connectivity index (χ3v) is 3.46. The Morgan fingerprint density at radius 1 is 1.29 bits per heavy atom. The van der Waals surface area contributed by atoms with Crippen molar-refractivity contribution in [1.82, 2.24) is 4.90 Å². The summed E-state index contributed by atoms with van der Waals surface area (Å²) in [6, 6.07) is 3.44. The number of carbonyl (C=O) groups is 2. The van der Waals surface area contributed by atoms with Crippen LogP contribution in [0.15, 0.2) is 12.1 Å². The SMILES string of the molecule is CCOC(=O)N1CCc2cc(O)c(NC(C)=O)cc2CC1. The molecule has 0 radical (unpaired) electrons. The zero-order valence-corrected chi connectivity index (χ0v) is 12.3. The van der Waals surface area contributed by atoms with Crippen LogP contribution < -0.4 is 5.32 Å². The number of fused-ring (bicyclic) bond motifs is 1. The van der Waals surface area contributed by atoms with Gasteiger partial charge in [-0.25, -0.2) is 4.79 Å². The van der Waals surface area contributed by atoms with E-state index < -0.39 is 0 Å². The molecule has 0 saturated carbocycles. The highest BCUT2D eigenvalue weighted by Gasteiger charge is 2.20. The van der Waals surface area contributed by atoms with Crippen molar-refractivity contribution in [1.29, 1.82) is 0 Å². The number of anilines is 1. The minimum atomic E-state index is -0.309. The van der Waals surface area contributed by atoms with Gasteiger partial charge in [0.2, 0.25) is 5.91 Å². The lowest BCUT2D eigenvalue weighted by Crippen LogP contribution is -2.33. The van der Waals surface area contributed by atoms with Crippen molar-refractivity contribution in [3.8, 4) is 5.75 Å². The van der Waals surface area contributed by atoms with E-state index in [2.05, 4.69) is 5.32 Å². The molecule has 0 saturated heterocycles. The maximum Gasteiger partial charge on any atom is 0.409 e. The Morgan fingerprint density at radius 3 is 2.48 bits per heavy atom. The average Bonchev–Trinajstić information content (AvgIpc) is 2.61. The Bertz CT molecular complexity index is 557. The maximum absolute atomic E-state index is 11.8. The lowest BCUT2D eigenvalue weighted by atomic mass is 10.0. The van der Waals surface area contributed by atoms with Crippen molar-refractivity contribution in [3.05, 3.63) is 23.3 Å². The summed E-state index contributed by atoms with van der Waals surface area (Å²) < 4.78 is 5.02. The number of carbonyl (C=O) groups excluding carboxylic acids is 2. The zero-order valence-electron chi connectivity index (χ0n) is 12.3. The fraction of sp³-hybridized carbons (Fsp3) is 0.467. The second kappa shape index (κ2) is 6.47. The summed E-state index contributed by atoms with van der Waals surface area (Å²) in [5, 5.41) is 12.6. The Kier molecular flexibility index (Phi) is 4.67. The predicted octanol–water partition coefficient (Wildman–Crippen LogP) is 1.91. The number of aromatic hydroxyl groups is 1. The summed E-state index contributed by atoms with van der Waals surface area (Å²) in [4.78, 5) is 24.6. The van der Waals surface area contributed by atoms with Gasteiger partial charge in [0.05, 0.1) is 12.3 Å². The molecule has 0 unspecified atom stereocenters. The first kappa shape index (κ1) is 15.2. The molecule has 0 spiro atoms. The van der Waals surface area contributed by atoms with E-state index in [1.165, 1.54) is 6.92 Å². The summed E-state index contributed by atoms with van der Waals surface area (Å²) in [5.74, 6) is -0.180. The molecule has 1 aromatic rings. The van der Waals surface area contributed by atoms with Crippen molar-refractivity contribution in [3.63, 3.8) is 0 Å². The maximum atomic E-state index is 11.8. The van der Waals surface area contributed by atoms with Crippen molar-refractivity contribution < 1.29 is 19.4 Å². The smallest absolute Gasteiger partial charge is 0.409 e. The van der Waals surface area contributed by atoms with Gasteiger partial charge in [0.1, 0.15) is 5.75 Å². The Morgan fingerprint density at radius 2 is 1.90 bits per heavy atom. The number of hydrogen-bond donors (Lipinski definition) is 2. The standard InChI is InChI=1S/C15H20N2O4/c1-3-21-15(20)17-6-4-11-8-13(16-10(2)18)14(19)9-12(11)5-7-17/h8-9,19H,3-7H2,1-2H3,(H,16,18). The number of benzene rings is 1. The van der Waals surface area contributed by atoms with E-state index >= 15 is 0 Å². The largest absolute Gasteiger partial charge is 0.506 e. The van der Waals surface area contributed by atoms with Gasteiger partial charge in [-0.1, -0.05) is 0 Å². The topological polar surface area (TPSA) is 78.9 Å². The molecule has 1 aliphatic heterocycles. The number of ether oxygens (including phenoxy) is 1. The van der Waals surface area contributed by atoms with Crippen LogP contribution in [0.25, 0.3) is 0 Å². The Labute approximate surface area is 123 Å². The highest BCUT2D eigenvalue weighted by molar-refractivity contribution is 5.90. The predicted molar refractivity (Wildman–Crippen MR) is 78.4 cm³/mol. The lowest BCUT2D eigenvalue weighted by molar-refractivity contribution is -0.114. The number of amides is 2. The van der Waals surface area contributed by atoms with Crippen LogP contribution in [0.2, 0.25) is 0 Å². The van der Waals surface area contributed by atoms with Crippen molar-refractivity contribution >= 4 is 17.7 Å². The van der Waals surface area contributed by atoms with E-state index in [-0.39, 0.29) is 17.7 Å². The summed E-state index contributed by atoms with van der Waals surface area (Å²) in [7, 11) is 0. The van der Waals surface area contributed by atoms with Crippen LogP contribution in [-0.4, -0.2) is 41.7 Å². The van der Waals surface area contributed by atoms with Crippen LogP contribution in [0.3, 0.4) is 0 Å². The molecular weight excluding hydrogens is 272 g/mol. The van der Waals surface area contributed by atoms with Gasteiger partial charge in [0.25, 0.3) is 0 Å². The van der Waals surface area contributed by atoms with Crippen molar-refractivity contribution in [2.75, 3.05) is 25.0 Å². The molecule has 2 rings (SSSR count). The minimum absolute atomic E-state index is 0.0496. The average molecular weight is 292 g/mol. The normalized spacial score (nSPS) is 14.1. The summed E-state index contributed by atoms with van der Waals surface area (Å²) in [6.45, 7) is 4.66. The molecule has 6 heteroatoms. The van der Waals surface area contributed by atoms with Crippen LogP contribution in [0.4, 0.5) is 10.5 Å². The zero-order chi connectivity index (χ0) is 15.4. The molecule has 1 aliphatic rings. The molecule has 6 nitrogen and oxygen atoms in total. The van der Waals surface area contributed by atoms with E-state index in [1.807, 2.05) is 0 Å². The fourth-order valence-electron chi connectivity index (χ4n) is 2.45. The fourth-order valence-corrected chi connectivity index (χ4v) is 2.45. The first-order valence-corrected chi connectivity index (χ1v) is 7.05. The summed E-state index contributed by atoms with van der Waals surface area (Å²) >= 11 is 0. The van der Waals surface area contributed by atoms with Crippen LogP contribution >= 0.6 is 0 Å². The molecule has 0 aliphatic carbocycles. The van der Waals surface area contributed by atoms with Crippen LogP contribution in [0, 0.1) is 0 Å². The van der Waals surface area contributed by atoms with E-state index in [0.717, 1.165) is 11.1 Å². The van der Waals surface area contributed by atoms with E-state index in [9.17, 15) is 14.7 Å². The first-order chi connectivity index (χ1) is 10.0. The van der Waals surface area contributed by atoms with Crippen molar-refractivity contribution in [2.45, 2.75) is 26.7 Å². The number of phenols is 1. The van der Waals surface area contributed by atoms with Crippen LogP contribution in [0.1, 0.15) is 25.0 Å². The van der Waals surface area contributed by atoms with Gasteiger partial charge in [-0.05, 0) is 43.0 Å².